The maximum absolute atomic E-state index is 5.40. The second-order valence-electron chi connectivity index (χ2n) is 15.0. The van der Waals surface area contributed by atoms with E-state index in [-0.39, 0.29) is 0 Å². The lowest BCUT2D eigenvalue weighted by molar-refractivity contribution is 1.01. The second-order valence-corrected chi connectivity index (χ2v) is 15.0. The van der Waals surface area contributed by atoms with Gasteiger partial charge in [-0.3, -0.25) is 4.57 Å². The number of aromatic nitrogens is 4. The monoisotopic (exact) mass is 738 g/mol. The van der Waals surface area contributed by atoms with Crippen LogP contribution in [0.5, 0.6) is 0 Å². The van der Waals surface area contributed by atoms with Crippen LogP contribution in [0.2, 0.25) is 0 Å². The number of para-hydroxylation sites is 3. The van der Waals surface area contributed by atoms with Gasteiger partial charge in [0.05, 0.1) is 33.3 Å². The topological polar surface area (TPSA) is 35.6 Å². The maximum Gasteiger partial charge on any atom is 0.235 e. The Kier molecular flexibility index (Phi) is 7.20. The molecular formula is C54H34N4. The zero-order valence-corrected chi connectivity index (χ0v) is 31.4. The molecule has 58 heavy (non-hydrogen) atoms. The van der Waals surface area contributed by atoms with Crippen LogP contribution in [0.1, 0.15) is 0 Å². The van der Waals surface area contributed by atoms with Gasteiger partial charge >= 0.3 is 0 Å². The molecule has 12 aromatic rings. The van der Waals surface area contributed by atoms with E-state index in [1.54, 1.807) is 0 Å². The summed E-state index contributed by atoms with van der Waals surface area (Å²) in [5.74, 6) is 0.652. The molecule has 0 aliphatic heterocycles. The minimum atomic E-state index is 0.652. The molecule has 0 aliphatic carbocycles. The molecule has 3 heterocycles. The number of hydrogen-bond donors (Lipinski definition) is 0. The molecule has 0 saturated heterocycles. The van der Waals surface area contributed by atoms with Crippen molar-refractivity contribution in [3.63, 3.8) is 0 Å². The molecule has 270 valence electrons. The number of rotatable bonds is 5. The van der Waals surface area contributed by atoms with E-state index < -0.39 is 0 Å². The molecule has 0 fully saturated rings. The fourth-order valence-electron chi connectivity index (χ4n) is 9.02. The van der Waals surface area contributed by atoms with Gasteiger partial charge in [-0.05, 0) is 81.6 Å². The molecule has 0 amide bonds. The van der Waals surface area contributed by atoms with Gasteiger partial charge in [-0.2, -0.15) is 0 Å². The highest BCUT2D eigenvalue weighted by Crippen LogP contribution is 2.40. The van der Waals surface area contributed by atoms with Gasteiger partial charge in [0.1, 0.15) is 0 Å². The smallest absolute Gasteiger partial charge is 0.235 e. The molecule has 0 saturated carbocycles. The SMILES string of the molecule is c1ccc(-c2ccc(-c3nc(-n4c5ccc(-c6ccc(-n7c8ccccc8c8ccccc87)cc6)cc5c5c6ccccc6ccc54)nc4ccccc34)cc2)cc1. The summed E-state index contributed by atoms with van der Waals surface area (Å²) in [6.45, 7) is 0. The average Bonchev–Trinajstić information content (AvgIpc) is 3.82. The normalized spacial score (nSPS) is 11.8. The van der Waals surface area contributed by atoms with Gasteiger partial charge in [0, 0.05) is 38.2 Å². The molecule has 4 nitrogen and oxygen atoms in total. The highest BCUT2D eigenvalue weighted by Gasteiger charge is 2.20. The summed E-state index contributed by atoms with van der Waals surface area (Å²) >= 11 is 0. The van der Waals surface area contributed by atoms with Gasteiger partial charge in [-0.1, -0.05) is 158 Å². The number of hydrogen-bond acceptors (Lipinski definition) is 2. The van der Waals surface area contributed by atoms with Crippen molar-refractivity contribution in [3.8, 4) is 45.1 Å². The molecule has 3 aromatic heterocycles. The van der Waals surface area contributed by atoms with Crippen molar-refractivity contribution in [2.45, 2.75) is 0 Å². The van der Waals surface area contributed by atoms with Crippen LogP contribution in [0.15, 0.2) is 206 Å². The molecule has 9 aromatic carbocycles. The lowest BCUT2D eigenvalue weighted by atomic mass is 10.00. The highest BCUT2D eigenvalue weighted by molar-refractivity contribution is 6.22. The van der Waals surface area contributed by atoms with Crippen molar-refractivity contribution < 1.29 is 0 Å². The summed E-state index contributed by atoms with van der Waals surface area (Å²) in [4.78, 5) is 10.7. The van der Waals surface area contributed by atoms with Gasteiger partial charge < -0.3 is 4.57 Å². The number of fused-ring (bicyclic) bond motifs is 9. The molecule has 0 radical (unpaired) electrons. The van der Waals surface area contributed by atoms with E-state index in [0.29, 0.717) is 5.95 Å². The van der Waals surface area contributed by atoms with Crippen LogP contribution < -0.4 is 0 Å². The third-order valence-electron chi connectivity index (χ3n) is 11.8. The highest BCUT2D eigenvalue weighted by atomic mass is 15.2. The Morgan fingerprint density at radius 3 is 1.60 bits per heavy atom. The van der Waals surface area contributed by atoms with E-state index >= 15 is 0 Å². The largest absolute Gasteiger partial charge is 0.309 e. The van der Waals surface area contributed by atoms with E-state index in [1.807, 2.05) is 0 Å². The fourth-order valence-corrected chi connectivity index (χ4v) is 9.02. The first-order chi connectivity index (χ1) is 28.8. The van der Waals surface area contributed by atoms with Crippen molar-refractivity contribution in [2.75, 3.05) is 0 Å². The van der Waals surface area contributed by atoms with Gasteiger partial charge in [0.25, 0.3) is 0 Å². The fraction of sp³-hybridized carbons (Fsp3) is 0. The van der Waals surface area contributed by atoms with E-state index in [1.165, 1.54) is 54.5 Å². The predicted octanol–water partition coefficient (Wildman–Crippen LogP) is 14.0. The summed E-state index contributed by atoms with van der Waals surface area (Å²) in [7, 11) is 0. The maximum atomic E-state index is 5.40. The lowest BCUT2D eigenvalue weighted by Gasteiger charge is -2.12. The third kappa shape index (κ3) is 5.02. The minimum absolute atomic E-state index is 0.652. The van der Waals surface area contributed by atoms with Crippen molar-refractivity contribution in [2.24, 2.45) is 0 Å². The van der Waals surface area contributed by atoms with Gasteiger partial charge in [0.15, 0.2) is 0 Å². The number of nitrogens with zero attached hydrogens (tertiary/aromatic N) is 4. The zero-order valence-electron chi connectivity index (χ0n) is 31.4. The first-order valence-electron chi connectivity index (χ1n) is 19.7. The minimum Gasteiger partial charge on any atom is -0.309 e. The Hall–Kier alpha value is -7.82. The molecule has 12 rings (SSSR count). The van der Waals surface area contributed by atoms with Gasteiger partial charge in [-0.15, -0.1) is 0 Å². The van der Waals surface area contributed by atoms with Gasteiger partial charge in [-0.25, -0.2) is 9.97 Å². The van der Waals surface area contributed by atoms with E-state index in [4.69, 9.17) is 9.97 Å². The van der Waals surface area contributed by atoms with Crippen LogP contribution >= 0.6 is 0 Å². The molecule has 0 N–H and O–H groups in total. The molecule has 4 heteroatoms. The summed E-state index contributed by atoms with van der Waals surface area (Å²) in [5, 5.41) is 8.33. The van der Waals surface area contributed by atoms with Crippen molar-refractivity contribution in [1.29, 1.82) is 0 Å². The van der Waals surface area contributed by atoms with Gasteiger partial charge in [0.2, 0.25) is 5.95 Å². The molecule has 0 bridgehead atoms. The van der Waals surface area contributed by atoms with Crippen LogP contribution in [0, 0.1) is 0 Å². The Balaban J connectivity index is 1.03. The molecule has 0 atom stereocenters. The van der Waals surface area contributed by atoms with E-state index in [9.17, 15) is 0 Å². The van der Waals surface area contributed by atoms with E-state index in [2.05, 4.69) is 215 Å². The molecule has 0 spiro atoms. The Bertz CT molecular complexity index is 3490. The predicted molar refractivity (Wildman–Crippen MR) is 242 cm³/mol. The van der Waals surface area contributed by atoms with Crippen LogP contribution in [0.3, 0.4) is 0 Å². The van der Waals surface area contributed by atoms with Crippen molar-refractivity contribution >= 4 is 65.3 Å². The van der Waals surface area contributed by atoms with E-state index in [0.717, 1.165) is 50.0 Å². The van der Waals surface area contributed by atoms with Crippen LogP contribution in [0.25, 0.3) is 110 Å². The summed E-state index contributed by atoms with van der Waals surface area (Å²) in [5.41, 5.74) is 13.3. The number of benzene rings is 9. The Labute approximate surface area is 334 Å². The van der Waals surface area contributed by atoms with Crippen molar-refractivity contribution in [3.05, 3.63) is 206 Å². The van der Waals surface area contributed by atoms with Crippen LogP contribution in [0.4, 0.5) is 0 Å². The summed E-state index contributed by atoms with van der Waals surface area (Å²) < 4.78 is 4.62. The summed E-state index contributed by atoms with van der Waals surface area (Å²) in [6, 6.07) is 73.8. The first kappa shape index (κ1) is 32.4. The molecule has 0 aliphatic rings. The zero-order chi connectivity index (χ0) is 38.2. The third-order valence-corrected chi connectivity index (χ3v) is 11.8. The first-order valence-corrected chi connectivity index (χ1v) is 19.7. The van der Waals surface area contributed by atoms with Crippen molar-refractivity contribution in [1.82, 2.24) is 19.1 Å². The Morgan fingerprint density at radius 1 is 0.310 bits per heavy atom. The molecule has 0 unspecified atom stereocenters. The average molecular weight is 739 g/mol. The quantitative estimate of drug-likeness (QED) is 0.176. The van der Waals surface area contributed by atoms with Crippen LogP contribution in [-0.2, 0) is 0 Å². The summed E-state index contributed by atoms with van der Waals surface area (Å²) in [6.07, 6.45) is 0. The lowest BCUT2D eigenvalue weighted by Crippen LogP contribution is -2.03. The molecular weight excluding hydrogens is 705 g/mol. The Morgan fingerprint density at radius 2 is 0.845 bits per heavy atom. The van der Waals surface area contributed by atoms with Crippen LogP contribution in [-0.4, -0.2) is 19.1 Å². The second kappa shape index (κ2) is 12.9. The standard InChI is InChI=1S/C54H34N4/c1-2-12-35(13-3-1)36-22-24-39(25-23-36)53-45-18-6-9-19-47(45)55-54(56-53)58-50-32-29-40(34-46(50)52-42-15-5-4-14-38(42)28-33-51(52)58)37-26-30-41(31-27-37)57-48-20-10-7-16-43(48)44-17-8-11-21-49(44)57/h1-34H.